The first kappa shape index (κ1) is 24.1. The summed E-state index contributed by atoms with van der Waals surface area (Å²) < 4.78 is 48.4. The monoisotopic (exact) mass is 488 g/mol. The molecule has 3 aliphatic carbocycles. The van der Waals surface area contributed by atoms with Gasteiger partial charge in [0.05, 0.1) is 12.0 Å². The molecule has 2 atom stereocenters. The van der Waals surface area contributed by atoms with Crippen molar-refractivity contribution in [1.82, 2.24) is 0 Å². The molecule has 4 nitrogen and oxygen atoms in total. The van der Waals surface area contributed by atoms with Crippen molar-refractivity contribution in [3.8, 4) is 5.75 Å². The third kappa shape index (κ3) is 4.66. The van der Waals surface area contributed by atoms with Crippen LogP contribution in [0.15, 0.2) is 30.3 Å². The van der Waals surface area contributed by atoms with Crippen LogP contribution >= 0.6 is 0 Å². The zero-order valence-electron chi connectivity index (χ0n) is 19.8. The van der Waals surface area contributed by atoms with E-state index in [9.17, 15) is 27.9 Å². The van der Waals surface area contributed by atoms with Crippen LogP contribution in [0, 0.1) is 29.6 Å². The van der Waals surface area contributed by atoms with Crippen LogP contribution in [0.5, 0.6) is 5.75 Å². The number of alkyl halides is 3. The molecule has 2 aromatic carbocycles. The number of carboxylic acids is 1. The minimum absolute atomic E-state index is 0.0257. The van der Waals surface area contributed by atoms with Crippen molar-refractivity contribution in [2.45, 2.75) is 70.6 Å². The molecule has 0 spiro atoms. The maximum atomic E-state index is 14.2. The van der Waals surface area contributed by atoms with Crippen molar-refractivity contribution < 1.29 is 32.6 Å². The van der Waals surface area contributed by atoms with Gasteiger partial charge in [-0.2, -0.15) is 13.2 Å². The molecule has 7 heteroatoms. The van der Waals surface area contributed by atoms with Gasteiger partial charge >= 0.3 is 12.1 Å². The molecule has 1 N–H and O–H groups in total. The van der Waals surface area contributed by atoms with Gasteiger partial charge in [0, 0.05) is 11.5 Å². The Balaban J connectivity index is 1.43. The molecule has 2 bridgehead atoms. The van der Waals surface area contributed by atoms with Crippen LogP contribution in [0.3, 0.4) is 0 Å². The number of halogens is 3. The van der Waals surface area contributed by atoms with E-state index in [2.05, 4.69) is 6.92 Å². The summed E-state index contributed by atoms with van der Waals surface area (Å²) in [5, 5.41) is 9.80. The number of carboxylic acid groups (broad SMARTS) is 1. The van der Waals surface area contributed by atoms with Gasteiger partial charge in [0.2, 0.25) is 0 Å². The Morgan fingerprint density at radius 1 is 0.943 bits per heavy atom. The average Bonchev–Trinajstić information content (AvgIpc) is 3.07. The van der Waals surface area contributed by atoms with Gasteiger partial charge in [-0.1, -0.05) is 25.1 Å². The molecule has 3 aliphatic rings. The number of Topliss-reactive ketones (excluding diaryl/α,β-unsaturated/α-hetero) is 1. The Morgan fingerprint density at radius 2 is 1.60 bits per heavy atom. The number of carbonyl (C=O) groups excluding carboxylic acids is 1. The first-order chi connectivity index (χ1) is 16.6. The number of rotatable bonds is 5. The highest BCUT2D eigenvalue weighted by atomic mass is 19.4. The van der Waals surface area contributed by atoms with Gasteiger partial charge in [0.1, 0.15) is 11.3 Å². The number of fused-ring (bicyclic) bond motifs is 3. The maximum Gasteiger partial charge on any atom is 0.420 e. The minimum atomic E-state index is -4.59. The normalized spacial score (nSPS) is 30.9. The molecule has 188 valence electrons. The fourth-order valence-electron chi connectivity index (χ4n) is 6.73. The lowest BCUT2D eigenvalue weighted by atomic mass is 9.70. The molecule has 3 fully saturated rings. The van der Waals surface area contributed by atoms with Crippen molar-refractivity contribution >= 4 is 22.5 Å². The molecule has 0 heterocycles. The van der Waals surface area contributed by atoms with E-state index in [0.29, 0.717) is 29.7 Å². The van der Waals surface area contributed by atoms with E-state index >= 15 is 0 Å². The van der Waals surface area contributed by atoms with Crippen LogP contribution in [-0.2, 0) is 11.0 Å². The first-order valence-corrected chi connectivity index (χ1v) is 12.7. The predicted molar refractivity (Wildman–Crippen MR) is 125 cm³/mol. The first-order valence-electron chi connectivity index (χ1n) is 12.7. The van der Waals surface area contributed by atoms with Gasteiger partial charge in [-0.15, -0.1) is 0 Å². The van der Waals surface area contributed by atoms with E-state index in [4.69, 9.17) is 4.74 Å². The molecule has 5 rings (SSSR count). The molecule has 0 radical (unpaired) electrons. The second kappa shape index (κ2) is 9.14. The molecule has 0 amide bonds. The van der Waals surface area contributed by atoms with Crippen LogP contribution in [0.1, 0.15) is 74.2 Å². The van der Waals surface area contributed by atoms with Crippen LogP contribution in [0.2, 0.25) is 0 Å². The zero-order chi connectivity index (χ0) is 24.9. The van der Waals surface area contributed by atoms with Crippen molar-refractivity contribution in [1.29, 1.82) is 0 Å². The highest BCUT2D eigenvalue weighted by Crippen LogP contribution is 2.50. The van der Waals surface area contributed by atoms with Gasteiger partial charge in [-0.25, -0.2) is 0 Å². The van der Waals surface area contributed by atoms with E-state index in [1.807, 2.05) is 0 Å². The summed E-state index contributed by atoms with van der Waals surface area (Å²) in [7, 11) is 0. The summed E-state index contributed by atoms with van der Waals surface area (Å²) >= 11 is 0. The molecule has 35 heavy (non-hydrogen) atoms. The van der Waals surface area contributed by atoms with Crippen molar-refractivity contribution in [3.05, 3.63) is 41.5 Å². The fraction of sp³-hybridized carbons (Fsp3) is 0.571. The third-order valence-corrected chi connectivity index (χ3v) is 8.56. The fourth-order valence-corrected chi connectivity index (χ4v) is 6.73. The summed E-state index contributed by atoms with van der Waals surface area (Å²) in [4.78, 5) is 24.9. The molecule has 0 saturated heterocycles. The van der Waals surface area contributed by atoms with Gasteiger partial charge < -0.3 is 9.84 Å². The molecule has 0 aliphatic heterocycles. The van der Waals surface area contributed by atoms with Gasteiger partial charge in [-0.05, 0) is 92.0 Å². The molecule has 2 aromatic rings. The smallest absolute Gasteiger partial charge is 0.420 e. The predicted octanol–water partition coefficient (Wildman–Crippen LogP) is 7.14. The van der Waals surface area contributed by atoms with Gasteiger partial charge in [0.25, 0.3) is 0 Å². The lowest BCUT2D eigenvalue weighted by Gasteiger charge is -2.32. The SMILES string of the molecule is CC1CCC(Oc2ccc3cc(C(=O)C4C5CCC4CC(C(=O)O)C5)ccc3c2C(F)(F)F)CC1. The van der Waals surface area contributed by atoms with Crippen LogP contribution in [0.4, 0.5) is 13.2 Å². The second-order valence-electron chi connectivity index (χ2n) is 10.9. The summed E-state index contributed by atoms with van der Waals surface area (Å²) in [6, 6.07) is 7.44. The second-order valence-corrected chi connectivity index (χ2v) is 10.9. The highest BCUT2D eigenvalue weighted by Gasteiger charge is 2.48. The van der Waals surface area contributed by atoms with Crippen LogP contribution in [0.25, 0.3) is 10.8 Å². The van der Waals surface area contributed by atoms with Gasteiger partial charge in [-0.3, -0.25) is 9.59 Å². The van der Waals surface area contributed by atoms with Gasteiger partial charge in [0.15, 0.2) is 5.78 Å². The number of carbonyl (C=O) groups is 2. The quantitative estimate of drug-likeness (QED) is 0.455. The number of hydrogen-bond acceptors (Lipinski definition) is 3. The largest absolute Gasteiger partial charge is 0.490 e. The number of hydrogen-bond donors (Lipinski definition) is 1. The molecule has 2 unspecified atom stereocenters. The average molecular weight is 489 g/mol. The summed E-state index contributed by atoms with van der Waals surface area (Å²) in [5.41, 5.74) is -0.383. The third-order valence-electron chi connectivity index (χ3n) is 8.56. The molecular formula is C28H31F3O4. The molecular weight excluding hydrogens is 457 g/mol. The zero-order valence-corrected chi connectivity index (χ0v) is 19.8. The number of ketones is 1. The van der Waals surface area contributed by atoms with E-state index in [-0.39, 0.29) is 40.8 Å². The maximum absolute atomic E-state index is 14.2. The Labute approximate surface area is 202 Å². The number of benzene rings is 2. The Morgan fingerprint density at radius 3 is 2.20 bits per heavy atom. The lowest BCUT2D eigenvalue weighted by Crippen LogP contribution is -2.34. The molecule has 3 saturated carbocycles. The molecule has 0 aromatic heterocycles. The van der Waals surface area contributed by atoms with Crippen LogP contribution in [-0.4, -0.2) is 23.0 Å². The van der Waals surface area contributed by atoms with Crippen molar-refractivity contribution in [3.63, 3.8) is 0 Å². The van der Waals surface area contributed by atoms with Crippen molar-refractivity contribution in [2.75, 3.05) is 0 Å². The number of aliphatic carboxylic acids is 1. The number of ether oxygens (including phenoxy) is 1. The Bertz CT molecular complexity index is 1120. The summed E-state index contributed by atoms with van der Waals surface area (Å²) in [6.07, 6.45) is 1.23. The topological polar surface area (TPSA) is 63.6 Å². The lowest BCUT2D eigenvalue weighted by molar-refractivity contribution is -0.144. The summed E-state index contributed by atoms with van der Waals surface area (Å²) in [6.45, 7) is 2.15. The Hall–Kier alpha value is -2.57. The standard InChI is InChI=1S/C28H31F3O4/c1-15-2-8-21(9-3-15)35-23-11-7-16-12-19(6-10-22(16)25(23)28(29,30)31)26(32)24-17-4-5-18(24)14-20(13-17)27(33)34/h6-7,10-12,15,17-18,20-21,24H,2-5,8-9,13-14H2,1H3,(H,33,34). The van der Waals surface area contributed by atoms with E-state index in [0.717, 1.165) is 38.5 Å². The minimum Gasteiger partial charge on any atom is -0.490 e. The Kier molecular flexibility index (Phi) is 6.30. The van der Waals surface area contributed by atoms with E-state index in [1.54, 1.807) is 12.1 Å². The van der Waals surface area contributed by atoms with Crippen molar-refractivity contribution in [2.24, 2.45) is 29.6 Å². The summed E-state index contributed by atoms with van der Waals surface area (Å²) in [5.74, 6) is -1.06. The van der Waals surface area contributed by atoms with E-state index in [1.165, 1.54) is 18.2 Å². The van der Waals surface area contributed by atoms with E-state index < -0.39 is 23.6 Å². The van der Waals surface area contributed by atoms with Crippen LogP contribution < -0.4 is 4.74 Å². The highest BCUT2D eigenvalue weighted by molar-refractivity contribution is 6.02.